The highest BCUT2D eigenvalue weighted by Gasteiger charge is 2.31. The molecular weight excluding hydrogens is 517 g/mol. The van der Waals surface area contributed by atoms with E-state index >= 15 is 0 Å². The second-order valence-electron chi connectivity index (χ2n) is 9.12. The summed E-state index contributed by atoms with van der Waals surface area (Å²) >= 11 is 6.31. The first-order valence-corrected chi connectivity index (χ1v) is 12.3. The minimum atomic E-state index is -0.829. The smallest absolute Gasteiger partial charge is 0.273 e. The number of benzene rings is 3. The van der Waals surface area contributed by atoms with E-state index in [0.717, 1.165) is 30.5 Å². The molecule has 0 saturated carbocycles. The van der Waals surface area contributed by atoms with Gasteiger partial charge in [0.15, 0.2) is 11.5 Å². The van der Waals surface area contributed by atoms with Crippen LogP contribution in [0, 0.1) is 22.9 Å². The maximum atomic E-state index is 14.3. The van der Waals surface area contributed by atoms with Gasteiger partial charge in [-0.3, -0.25) is 19.7 Å². The van der Waals surface area contributed by atoms with Gasteiger partial charge < -0.3 is 19.7 Å². The number of amides is 2. The fraction of sp³-hybridized carbons (Fsp3) is 0.259. The molecule has 11 heteroatoms. The average Bonchev–Trinajstić information content (AvgIpc) is 3.37. The zero-order valence-electron chi connectivity index (χ0n) is 20.3. The van der Waals surface area contributed by atoms with Crippen LogP contribution in [-0.2, 0) is 0 Å². The van der Waals surface area contributed by atoms with Crippen molar-refractivity contribution in [2.24, 2.45) is 0 Å². The van der Waals surface area contributed by atoms with Gasteiger partial charge in [0.05, 0.1) is 15.5 Å². The zero-order chi connectivity index (χ0) is 27.0. The number of piperidine rings is 1. The molecule has 9 nitrogen and oxygen atoms in total. The Bertz CT molecular complexity index is 1440. The zero-order valence-corrected chi connectivity index (χ0v) is 21.1. The number of nitrogens with zero attached hydrogens (tertiary/aromatic N) is 2. The van der Waals surface area contributed by atoms with Crippen LogP contribution < -0.4 is 14.8 Å². The Kier molecular flexibility index (Phi) is 6.90. The number of nitro benzene ring substituents is 1. The molecule has 0 bridgehead atoms. The molecule has 3 aromatic rings. The number of ether oxygens (including phenoxy) is 2. The summed E-state index contributed by atoms with van der Waals surface area (Å²) in [5, 5.41) is 14.1. The molecule has 0 spiro atoms. The summed E-state index contributed by atoms with van der Waals surface area (Å²) in [6.07, 6.45) is 1.47. The van der Waals surface area contributed by atoms with E-state index in [9.17, 15) is 24.1 Å². The summed E-state index contributed by atoms with van der Waals surface area (Å²) in [6.45, 7) is 2.47. The lowest BCUT2D eigenvalue weighted by Gasteiger charge is -2.32. The number of nitro groups is 1. The molecule has 38 heavy (non-hydrogen) atoms. The third-order valence-electron chi connectivity index (χ3n) is 6.93. The van der Waals surface area contributed by atoms with Gasteiger partial charge in [0.2, 0.25) is 6.79 Å². The van der Waals surface area contributed by atoms with Crippen LogP contribution in [0.4, 0.5) is 15.8 Å². The molecule has 0 atom stereocenters. The second kappa shape index (κ2) is 10.3. The molecule has 2 amide bonds. The Hall–Kier alpha value is -4.18. The van der Waals surface area contributed by atoms with Gasteiger partial charge >= 0.3 is 0 Å². The van der Waals surface area contributed by atoms with Crippen molar-refractivity contribution in [2.75, 3.05) is 25.2 Å². The number of rotatable bonds is 5. The minimum absolute atomic E-state index is 0.0359. The topological polar surface area (TPSA) is 111 Å². The first-order valence-electron chi connectivity index (χ1n) is 12.0. The summed E-state index contributed by atoms with van der Waals surface area (Å²) in [7, 11) is 0. The Labute approximate surface area is 222 Å². The Morgan fingerprint density at radius 3 is 2.45 bits per heavy atom. The van der Waals surface area contributed by atoms with Crippen LogP contribution in [0.15, 0.2) is 48.5 Å². The van der Waals surface area contributed by atoms with Crippen LogP contribution in [0.5, 0.6) is 11.5 Å². The van der Waals surface area contributed by atoms with Gasteiger partial charge in [0, 0.05) is 30.4 Å². The van der Waals surface area contributed by atoms with Crippen molar-refractivity contribution < 1.29 is 28.4 Å². The molecule has 1 saturated heterocycles. The van der Waals surface area contributed by atoms with Crippen molar-refractivity contribution in [3.8, 4) is 11.5 Å². The van der Waals surface area contributed by atoms with Crippen molar-refractivity contribution in [1.29, 1.82) is 0 Å². The molecule has 0 radical (unpaired) electrons. The van der Waals surface area contributed by atoms with E-state index < -0.39 is 16.6 Å². The third kappa shape index (κ3) is 4.74. The predicted molar refractivity (Wildman–Crippen MR) is 138 cm³/mol. The molecule has 1 N–H and O–H groups in total. The van der Waals surface area contributed by atoms with E-state index in [1.807, 2.05) is 12.1 Å². The second-order valence-corrected chi connectivity index (χ2v) is 9.53. The summed E-state index contributed by atoms with van der Waals surface area (Å²) < 4.78 is 25.1. The van der Waals surface area contributed by atoms with Gasteiger partial charge in [-0.25, -0.2) is 4.39 Å². The molecule has 0 aromatic heterocycles. The number of likely N-dealkylation sites (tertiary alicyclic amines) is 1. The summed E-state index contributed by atoms with van der Waals surface area (Å²) in [5.41, 5.74) is 1.08. The number of halogens is 2. The van der Waals surface area contributed by atoms with Gasteiger partial charge in [0.25, 0.3) is 17.5 Å². The van der Waals surface area contributed by atoms with Crippen LogP contribution in [-0.4, -0.2) is 41.5 Å². The van der Waals surface area contributed by atoms with E-state index in [1.54, 1.807) is 29.2 Å². The summed E-state index contributed by atoms with van der Waals surface area (Å²) in [4.78, 5) is 38.1. The van der Waals surface area contributed by atoms with E-state index in [4.69, 9.17) is 21.1 Å². The number of hydrogen-bond acceptors (Lipinski definition) is 6. The van der Waals surface area contributed by atoms with Gasteiger partial charge in [-0.1, -0.05) is 23.7 Å². The lowest BCUT2D eigenvalue weighted by atomic mass is 9.89. The first-order chi connectivity index (χ1) is 18.2. The van der Waals surface area contributed by atoms with Crippen molar-refractivity contribution in [2.45, 2.75) is 25.7 Å². The van der Waals surface area contributed by atoms with Gasteiger partial charge in [-0.05, 0) is 61.6 Å². The van der Waals surface area contributed by atoms with E-state index in [2.05, 4.69) is 5.32 Å². The Morgan fingerprint density at radius 2 is 1.76 bits per heavy atom. The van der Waals surface area contributed by atoms with Gasteiger partial charge in [0.1, 0.15) is 11.4 Å². The van der Waals surface area contributed by atoms with E-state index in [1.165, 1.54) is 6.92 Å². The Balaban J connectivity index is 1.23. The van der Waals surface area contributed by atoms with E-state index in [0.29, 0.717) is 40.9 Å². The SMILES string of the molecule is Cc1c([N+](=O)[O-])ccc(F)c1C(=O)Nc1ccc(C2CCN(C(=O)c3c(Cl)ccc4c3OCO4)CC2)cc1. The molecule has 5 rings (SSSR count). The highest BCUT2D eigenvalue weighted by molar-refractivity contribution is 6.34. The summed E-state index contributed by atoms with van der Waals surface area (Å²) in [6, 6.07) is 12.4. The summed E-state index contributed by atoms with van der Waals surface area (Å²) in [5.74, 6) is -0.701. The van der Waals surface area contributed by atoms with Crippen LogP contribution >= 0.6 is 11.6 Å². The quantitative estimate of drug-likeness (QED) is 0.329. The van der Waals surface area contributed by atoms with Gasteiger partial charge in [-0.15, -0.1) is 0 Å². The number of fused-ring (bicyclic) bond motifs is 1. The average molecular weight is 540 g/mol. The van der Waals surface area contributed by atoms with Gasteiger partial charge in [-0.2, -0.15) is 0 Å². The maximum absolute atomic E-state index is 14.3. The molecule has 196 valence electrons. The van der Waals surface area contributed by atoms with E-state index in [-0.39, 0.29) is 35.4 Å². The minimum Gasteiger partial charge on any atom is -0.454 e. The molecule has 1 fully saturated rings. The van der Waals surface area contributed by atoms with Crippen LogP contribution in [0.3, 0.4) is 0 Å². The fourth-order valence-electron chi connectivity index (χ4n) is 4.90. The molecule has 2 aliphatic rings. The van der Waals surface area contributed by atoms with Crippen molar-refractivity contribution in [3.05, 3.63) is 91.7 Å². The standard InChI is InChI=1S/C27H23ClFN3O6/c1-15-21(32(35)36)8-7-20(29)23(15)26(33)30-18-4-2-16(3-5-18)17-10-12-31(13-11-17)27(34)24-19(28)6-9-22-25(24)38-14-37-22/h2-9,17H,10-14H2,1H3,(H,30,33). The number of hydrogen-bond donors (Lipinski definition) is 1. The predicted octanol–water partition coefficient (Wildman–Crippen LogP) is 5.70. The lowest BCUT2D eigenvalue weighted by Crippen LogP contribution is -2.38. The monoisotopic (exact) mass is 539 g/mol. The van der Waals surface area contributed by atoms with Crippen LogP contribution in [0.25, 0.3) is 0 Å². The third-order valence-corrected chi connectivity index (χ3v) is 7.25. The lowest BCUT2D eigenvalue weighted by molar-refractivity contribution is -0.385. The Morgan fingerprint density at radius 1 is 1.05 bits per heavy atom. The fourth-order valence-corrected chi connectivity index (χ4v) is 5.13. The van der Waals surface area contributed by atoms with Crippen LogP contribution in [0.2, 0.25) is 5.02 Å². The number of carbonyl (C=O) groups excluding carboxylic acids is 2. The molecule has 2 aliphatic heterocycles. The highest BCUT2D eigenvalue weighted by Crippen LogP contribution is 2.41. The largest absolute Gasteiger partial charge is 0.454 e. The first kappa shape index (κ1) is 25.5. The number of nitrogens with one attached hydrogen (secondary N) is 1. The normalized spacial score (nSPS) is 14.9. The molecule has 3 aromatic carbocycles. The number of anilines is 1. The van der Waals surface area contributed by atoms with Crippen molar-refractivity contribution >= 4 is 34.8 Å². The van der Waals surface area contributed by atoms with Crippen molar-refractivity contribution in [1.82, 2.24) is 4.90 Å². The molecule has 2 heterocycles. The molecule has 0 unspecified atom stereocenters. The maximum Gasteiger partial charge on any atom is 0.273 e. The number of carbonyl (C=O) groups is 2. The van der Waals surface area contributed by atoms with Crippen LogP contribution in [0.1, 0.15) is 50.6 Å². The van der Waals surface area contributed by atoms with Crippen molar-refractivity contribution in [3.63, 3.8) is 0 Å². The molecule has 0 aliphatic carbocycles. The molecular formula is C27H23ClFN3O6. The highest BCUT2D eigenvalue weighted by atomic mass is 35.5.